The molecule has 0 N–H and O–H groups in total. The SMILES string of the molecule is CCCCCCCCCC(=O)OCCC1(CCCCN(CCCCCCCC(=O)OCC(CCCCCCC)CCCCCCC)C(=O)CCCCCN(C)C)CC1. The van der Waals surface area contributed by atoms with Gasteiger partial charge in [-0.2, -0.15) is 0 Å². The Morgan fingerprint density at radius 3 is 1.45 bits per heavy atom. The molecular formula is C51H98N2O5. The molecule has 7 heteroatoms. The largest absolute Gasteiger partial charge is 0.466 e. The lowest BCUT2D eigenvalue weighted by Gasteiger charge is -2.24. The molecule has 0 heterocycles. The second-order valence-corrected chi connectivity index (χ2v) is 18.8. The van der Waals surface area contributed by atoms with Gasteiger partial charge < -0.3 is 19.3 Å². The fourth-order valence-electron chi connectivity index (χ4n) is 8.45. The molecule has 0 bridgehead atoms. The van der Waals surface area contributed by atoms with Crippen molar-refractivity contribution in [1.82, 2.24) is 9.80 Å². The summed E-state index contributed by atoms with van der Waals surface area (Å²) < 4.78 is 11.5. The maximum absolute atomic E-state index is 13.4. The van der Waals surface area contributed by atoms with Crippen LogP contribution in [0.25, 0.3) is 0 Å². The third-order valence-corrected chi connectivity index (χ3v) is 12.8. The number of esters is 2. The van der Waals surface area contributed by atoms with Crippen LogP contribution in [0.15, 0.2) is 0 Å². The van der Waals surface area contributed by atoms with Gasteiger partial charge in [-0.25, -0.2) is 0 Å². The van der Waals surface area contributed by atoms with Gasteiger partial charge in [-0.3, -0.25) is 14.4 Å². The van der Waals surface area contributed by atoms with E-state index < -0.39 is 0 Å². The lowest BCUT2D eigenvalue weighted by Crippen LogP contribution is -2.33. The van der Waals surface area contributed by atoms with Crippen molar-refractivity contribution in [3.05, 3.63) is 0 Å². The van der Waals surface area contributed by atoms with Crippen LogP contribution in [-0.2, 0) is 23.9 Å². The number of nitrogens with zero attached hydrogens (tertiary/aromatic N) is 2. The van der Waals surface area contributed by atoms with E-state index in [1.807, 2.05) is 0 Å². The van der Waals surface area contributed by atoms with Gasteiger partial charge in [0.15, 0.2) is 0 Å². The van der Waals surface area contributed by atoms with Gasteiger partial charge in [-0.05, 0) is 109 Å². The van der Waals surface area contributed by atoms with Crippen LogP contribution in [0.2, 0.25) is 0 Å². The molecule has 1 amide bonds. The lowest BCUT2D eigenvalue weighted by atomic mass is 9.95. The highest BCUT2D eigenvalue weighted by Gasteiger charge is 2.41. The number of unbranched alkanes of at least 4 members (excludes halogenated alkanes) is 21. The Morgan fingerprint density at radius 2 is 0.914 bits per heavy atom. The standard InChI is InChI=1S/C51H98N2O5/c1-6-9-12-15-16-20-27-36-49(55)57-45-41-51(39-40-51)38-29-32-44-53(48(54)35-26-23-30-42-52(4)5)43-31-22-17-21-28-37-50(56)58-46-47(33-24-18-13-10-7-2)34-25-19-14-11-8-3/h47H,6-46H2,1-5H3. The zero-order valence-electron chi connectivity index (χ0n) is 39.5. The van der Waals surface area contributed by atoms with Gasteiger partial charge in [0, 0.05) is 32.4 Å². The molecule has 0 aliphatic heterocycles. The van der Waals surface area contributed by atoms with E-state index in [-0.39, 0.29) is 11.9 Å². The number of hydrogen-bond donors (Lipinski definition) is 0. The van der Waals surface area contributed by atoms with Crippen LogP contribution in [0.4, 0.5) is 0 Å². The zero-order chi connectivity index (χ0) is 42.4. The van der Waals surface area contributed by atoms with E-state index in [1.54, 1.807) is 0 Å². The maximum atomic E-state index is 13.4. The molecular weight excluding hydrogens is 721 g/mol. The monoisotopic (exact) mass is 819 g/mol. The highest BCUT2D eigenvalue weighted by Crippen LogP contribution is 2.52. The fourth-order valence-corrected chi connectivity index (χ4v) is 8.45. The average Bonchev–Trinajstić information content (AvgIpc) is 3.98. The van der Waals surface area contributed by atoms with Crippen LogP contribution < -0.4 is 0 Å². The third kappa shape index (κ3) is 33.1. The maximum Gasteiger partial charge on any atom is 0.305 e. The summed E-state index contributed by atoms with van der Waals surface area (Å²) in [7, 11) is 4.22. The lowest BCUT2D eigenvalue weighted by molar-refractivity contribution is -0.145. The number of carbonyl (C=O) groups excluding carboxylic acids is 3. The number of rotatable bonds is 44. The van der Waals surface area contributed by atoms with Crippen LogP contribution in [0.1, 0.15) is 252 Å². The van der Waals surface area contributed by atoms with Crippen LogP contribution in [0, 0.1) is 11.3 Å². The molecule has 0 aromatic rings. The molecule has 0 aromatic heterocycles. The minimum atomic E-state index is -0.0198. The second-order valence-electron chi connectivity index (χ2n) is 18.8. The summed E-state index contributed by atoms with van der Waals surface area (Å²) in [5.41, 5.74) is 0.358. The summed E-state index contributed by atoms with van der Waals surface area (Å²) in [4.78, 5) is 42.7. The fraction of sp³-hybridized carbons (Fsp3) is 0.941. The van der Waals surface area contributed by atoms with Gasteiger partial charge in [0.1, 0.15) is 0 Å². The zero-order valence-corrected chi connectivity index (χ0v) is 39.5. The average molecular weight is 819 g/mol. The van der Waals surface area contributed by atoms with Gasteiger partial charge in [0.2, 0.25) is 5.91 Å². The van der Waals surface area contributed by atoms with E-state index >= 15 is 0 Å². The first kappa shape index (κ1) is 54.4. The first-order chi connectivity index (χ1) is 28.2. The summed E-state index contributed by atoms with van der Waals surface area (Å²) in [6.07, 6.45) is 40.9. The number of hydrogen-bond acceptors (Lipinski definition) is 6. The van der Waals surface area contributed by atoms with Crippen molar-refractivity contribution in [2.45, 2.75) is 252 Å². The third-order valence-electron chi connectivity index (χ3n) is 12.8. The molecule has 7 nitrogen and oxygen atoms in total. The first-order valence-electron chi connectivity index (χ1n) is 25.5. The van der Waals surface area contributed by atoms with Gasteiger partial charge >= 0.3 is 11.9 Å². The Kier molecular flexibility index (Phi) is 35.9. The van der Waals surface area contributed by atoms with Crippen molar-refractivity contribution < 1.29 is 23.9 Å². The molecule has 0 spiro atoms. The van der Waals surface area contributed by atoms with Crippen molar-refractivity contribution in [3.63, 3.8) is 0 Å². The van der Waals surface area contributed by atoms with E-state index in [0.29, 0.717) is 49.7 Å². The van der Waals surface area contributed by atoms with Crippen molar-refractivity contribution >= 4 is 17.8 Å². The molecule has 0 radical (unpaired) electrons. The molecule has 0 aromatic carbocycles. The quantitative estimate of drug-likeness (QED) is 0.0450. The van der Waals surface area contributed by atoms with Gasteiger partial charge in [0.05, 0.1) is 13.2 Å². The van der Waals surface area contributed by atoms with Gasteiger partial charge in [-0.1, -0.05) is 156 Å². The summed E-state index contributed by atoms with van der Waals surface area (Å²) in [6.45, 7) is 10.7. The summed E-state index contributed by atoms with van der Waals surface area (Å²) in [5.74, 6) is 0.805. The Labute approximate surface area is 360 Å². The summed E-state index contributed by atoms with van der Waals surface area (Å²) >= 11 is 0. The van der Waals surface area contributed by atoms with Gasteiger partial charge in [-0.15, -0.1) is 0 Å². The highest BCUT2D eigenvalue weighted by atomic mass is 16.5. The minimum Gasteiger partial charge on any atom is -0.466 e. The molecule has 1 aliphatic carbocycles. The van der Waals surface area contributed by atoms with E-state index in [0.717, 1.165) is 103 Å². The van der Waals surface area contributed by atoms with Crippen molar-refractivity contribution in [1.29, 1.82) is 0 Å². The van der Waals surface area contributed by atoms with Crippen molar-refractivity contribution in [2.24, 2.45) is 11.3 Å². The second kappa shape index (κ2) is 38.3. The molecule has 1 aliphatic rings. The van der Waals surface area contributed by atoms with E-state index in [9.17, 15) is 14.4 Å². The Hall–Kier alpha value is -1.63. The molecule has 0 unspecified atom stereocenters. The molecule has 0 saturated heterocycles. The predicted molar refractivity (Wildman–Crippen MR) is 246 cm³/mol. The highest BCUT2D eigenvalue weighted by molar-refractivity contribution is 5.76. The number of ether oxygens (including phenoxy) is 2. The normalized spacial score (nSPS) is 13.4. The Bertz CT molecular complexity index is 953. The number of amides is 1. The molecule has 58 heavy (non-hydrogen) atoms. The molecule has 1 fully saturated rings. The van der Waals surface area contributed by atoms with Crippen LogP contribution >= 0.6 is 0 Å². The van der Waals surface area contributed by atoms with E-state index in [2.05, 4.69) is 44.7 Å². The molecule has 342 valence electrons. The summed E-state index contributed by atoms with van der Waals surface area (Å²) in [5, 5.41) is 0. The number of carbonyl (C=O) groups is 3. The van der Waals surface area contributed by atoms with Crippen LogP contribution in [0.3, 0.4) is 0 Å². The predicted octanol–water partition coefficient (Wildman–Crippen LogP) is 14.2. The first-order valence-corrected chi connectivity index (χ1v) is 25.5. The summed E-state index contributed by atoms with van der Waals surface area (Å²) in [6, 6.07) is 0. The van der Waals surface area contributed by atoms with Crippen LogP contribution in [-0.4, -0.2) is 74.6 Å². The van der Waals surface area contributed by atoms with E-state index in [1.165, 1.54) is 128 Å². The van der Waals surface area contributed by atoms with Gasteiger partial charge in [0.25, 0.3) is 0 Å². The topological polar surface area (TPSA) is 76.1 Å². The minimum absolute atomic E-state index is 0.0166. The van der Waals surface area contributed by atoms with E-state index in [4.69, 9.17) is 9.47 Å². The molecule has 1 rings (SSSR count). The van der Waals surface area contributed by atoms with Crippen molar-refractivity contribution in [2.75, 3.05) is 46.9 Å². The van der Waals surface area contributed by atoms with Crippen LogP contribution in [0.5, 0.6) is 0 Å². The Morgan fingerprint density at radius 1 is 0.483 bits per heavy atom. The molecule has 1 saturated carbocycles. The Balaban J connectivity index is 2.36. The smallest absolute Gasteiger partial charge is 0.305 e. The molecule has 0 atom stereocenters. The van der Waals surface area contributed by atoms with Crippen molar-refractivity contribution in [3.8, 4) is 0 Å².